The van der Waals surface area contributed by atoms with E-state index in [4.69, 9.17) is 9.47 Å². The summed E-state index contributed by atoms with van der Waals surface area (Å²) in [5.74, 6) is 0.840. The van der Waals surface area contributed by atoms with Crippen LogP contribution in [0.1, 0.15) is 38.5 Å². The molecule has 0 aromatic heterocycles. The second-order valence-corrected chi connectivity index (χ2v) is 5.97. The molecule has 1 aliphatic heterocycles. The minimum absolute atomic E-state index is 0.344. The Morgan fingerprint density at radius 2 is 1.88 bits per heavy atom. The highest BCUT2D eigenvalue weighted by molar-refractivity contribution is 9.09. The molecule has 0 spiro atoms. The normalized spacial score (nSPS) is 26.1. The summed E-state index contributed by atoms with van der Waals surface area (Å²) in [4.78, 5) is 0. The number of alkyl halides is 1. The predicted octanol–water partition coefficient (Wildman–Crippen LogP) is 3.38. The van der Waals surface area contributed by atoms with Crippen LogP contribution in [-0.4, -0.2) is 31.8 Å². The first-order valence-electron chi connectivity index (χ1n) is 6.56. The van der Waals surface area contributed by atoms with Gasteiger partial charge >= 0.3 is 0 Å². The van der Waals surface area contributed by atoms with Crippen molar-refractivity contribution >= 4 is 15.9 Å². The molecule has 0 unspecified atom stereocenters. The summed E-state index contributed by atoms with van der Waals surface area (Å²) in [6.07, 6.45) is 7.86. The fraction of sp³-hybridized carbons (Fsp3) is 1.00. The van der Waals surface area contributed by atoms with E-state index in [1.807, 2.05) is 0 Å². The van der Waals surface area contributed by atoms with Gasteiger partial charge in [-0.05, 0) is 31.6 Å². The third-order valence-corrected chi connectivity index (χ3v) is 5.26. The second-order valence-electron chi connectivity index (χ2n) is 5.41. The quantitative estimate of drug-likeness (QED) is 0.723. The van der Waals surface area contributed by atoms with E-state index in [-0.39, 0.29) is 0 Å². The Bertz CT molecular complexity index is 196. The third kappa shape index (κ3) is 3.44. The van der Waals surface area contributed by atoms with Gasteiger partial charge < -0.3 is 9.47 Å². The Morgan fingerprint density at radius 3 is 2.50 bits per heavy atom. The largest absolute Gasteiger partial charge is 0.381 e. The average molecular weight is 291 g/mol. The zero-order valence-electron chi connectivity index (χ0n) is 10.0. The van der Waals surface area contributed by atoms with Crippen LogP contribution in [0.15, 0.2) is 0 Å². The molecule has 1 heterocycles. The Morgan fingerprint density at radius 1 is 1.19 bits per heavy atom. The average Bonchev–Trinajstić information content (AvgIpc) is 2.83. The highest BCUT2D eigenvalue weighted by Crippen LogP contribution is 2.33. The summed E-state index contributed by atoms with van der Waals surface area (Å²) in [5, 5.41) is 1.05. The molecule has 1 saturated carbocycles. The summed E-state index contributed by atoms with van der Waals surface area (Å²) in [6.45, 7) is 3.70. The lowest BCUT2D eigenvalue weighted by atomic mass is 9.83. The summed E-state index contributed by atoms with van der Waals surface area (Å²) >= 11 is 3.65. The van der Waals surface area contributed by atoms with Gasteiger partial charge in [-0.2, -0.15) is 0 Å². The molecule has 0 amide bonds. The molecule has 0 bridgehead atoms. The minimum Gasteiger partial charge on any atom is -0.381 e. The maximum Gasteiger partial charge on any atom is 0.0532 e. The van der Waals surface area contributed by atoms with Gasteiger partial charge in [0.15, 0.2) is 0 Å². The summed E-state index contributed by atoms with van der Waals surface area (Å²) < 4.78 is 11.4. The summed E-state index contributed by atoms with van der Waals surface area (Å²) in [6, 6.07) is 0. The maximum absolute atomic E-state index is 5.97. The molecule has 0 radical (unpaired) electrons. The van der Waals surface area contributed by atoms with E-state index in [9.17, 15) is 0 Å². The van der Waals surface area contributed by atoms with Gasteiger partial charge in [-0.15, -0.1) is 0 Å². The third-order valence-electron chi connectivity index (χ3n) is 4.07. The molecule has 2 aliphatic rings. The van der Waals surface area contributed by atoms with Crippen molar-refractivity contribution in [3.8, 4) is 0 Å². The van der Waals surface area contributed by atoms with Crippen molar-refractivity contribution in [2.45, 2.75) is 38.5 Å². The number of hydrogen-bond acceptors (Lipinski definition) is 2. The van der Waals surface area contributed by atoms with Crippen LogP contribution in [0.2, 0.25) is 0 Å². The van der Waals surface area contributed by atoms with Crippen molar-refractivity contribution in [3.05, 3.63) is 0 Å². The SMILES string of the molecule is BrCC1(COCC2CCCC2)CCOCC1. The summed E-state index contributed by atoms with van der Waals surface area (Å²) in [7, 11) is 0. The van der Waals surface area contributed by atoms with E-state index in [0.29, 0.717) is 5.41 Å². The molecule has 3 heteroatoms. The molecule has 2 fully saturated rings. The Hall–Kier alpha value is 0.400. The molecule has 0 atom stereocenters. The first-order chi connectivity index (χ1) is 7.85. The second kappa shape index (κ2) is 6.36. The van der Waals surface area contributed by atoms with Crippen LogP contribution in [0.3, 0.4) is 0 Å². The molecular weight excluding hydrogens is 268 g/mol. The van der Waals surface area contributed by atoms with Crippen molar-refractivity contribution in [3.63, 3.8) is 0 Å². The van der Waals surface area contributed by atoms with Crippen LogP contribution >= 0.6 is 15.9 Å². The van der Waals surface area contributed by atoms with E-state index < -0.39 is 0 Å². The smallest absolute Gasteiger partial charge is 0.0532 e. The van der Waals surface area contributed by atoms with E-state index in [2.05, 4.69) is 15.9 Å². The number of ether oxygens (including phenoxy) is 2. The zero-order chi connectivity index (χ0) is 11.3. The van der Waals surface area contributed by atoms with Crippen LogP contribution in [-0.2, 0) is 9.47 Å². The van der Waals surface area contributed by atoms with E-state index in [1.165, 1.54) is 25.7 Å². The van der Waals surface area contributed by atoms with Crippen LogP contribution in [0, 0.1) is 11.3 Å². The lowest BCUT2D eigenvalue weighted by molar-refractivity contribution is -0.0333. The van der Waals surface area contributed by atoms with E-state index >= 15 is 0 Å². The van der Waals surface area contributed by atoms with Crippen molar-refractivity contribution in [1.82, 2.24) is 0 Å². The highest BCUT2D eigenvalue weighted by Gasteiger charge is 2.32. The molecule has 16 heavy (non-hydrogen) atoms. The molecule has 0 aromatic carbocycles. The Kier molecular flexibility index (Phi) is 5.11. The standard InChI is InChI=1S/C13H23BrO2/c14-10-13(5-7-15-8-6-13)11-16-9-12-3-1-2-4-12/h12H,1-11H2. The van der Waals surface area contributed by atoms with Crippen LogP contribution in [0.25, 0.3) is 0 Å². The molecule has 0 aromatic rings. The zero-order valence-corrected chi connectivity index (χ0v) is 11.6. The Labute approximate surface area is 107 Å². The van der Waals surface area contributed by atoms with Crippen LogP contribution in [0.4, 0.5) is 0 Å². The van der Waals surface area contributed by atoms with Crippen LogP contribution < -0.4 is 0 Å². The predicted molar refractivity (Wildman–Crippen MR) is 69.1 cm³/mol. The van der Waals surface area contributed by atoms with Gasteiger partial charge in [0, 0.05) is 30.6 Å². The van der Waals surface area contributed by atoms with Gasteiger partial charge in [0.05, 0.1) is 6.61 Å². The lowest BCUT2D eigenvalue weighted by Gasteiger charge is -2.35. The van der Waals surface area contributed by atoms with Crippen molar-refractivity contribution in [2.75, 3.05) is 31.8 Å². The topological polar surface area (TPSA) is 18.5 Å². The molecular formula is C13H23BrO2. The molecule has 2 rings (SSSR count). The Balaban J connectivity index is 1.69. The van der Waals surface area contributed by atoms with Gasteiger partial charge in [-0.3, -0.25) is 0 Å². The van der Waals surface area contributed by atoms with Crippen molar-refractivity contribution in [2.24, 2.45) is 11.3 Å². The van der Waals surface area contributed by atoms with Crippen molar-refractivity contribution < 1.29 is 9.47 Å². The minimum atomic E-state index is 0.344. The fourth-order valence-electron chi connectivity index (χ4n) is 2.74. The molecule has 94 valence electrons. The highest BCUT2D eigenvalue weighted by atomic mass is 79.9. The number of rotatable bonds is 5. The number of halogens is 1. The van der Waals surface area contributed by atoms with Crippen molar-refractivity contribution in [1.29, 1.82) is 0 Å². The van der Waals surface area contributed by atoms with Crippen LogP contribution in [0.5, 0.6) is 0 Å². The molecule has 1 saturated heterocycles. The van der Waals surface area contributed by atoms with Gasteiger partial charge in [0.2, 0.25) is 0 Å². The monoisotopic (exact) mass is 290 g/mol. The lowest BCUT2D eigenvalue weighted by Crippen LogP contribution is -2.36. The van der Waals surface area contributed by atoms with Gasteiger partial charge in [0.1, 0.15) is 0 Å². The molecule has 1 aliphatic carbocycles. The van der Waals surface area contributed by atoms with E-state index in [0.717, 1.165) is 50.5 Å². The maximum atomic E-state index is 5.97. The first-order valence-corrected chi connectivity index (χ1v) is 7.68. The number of hydrogen-bond donors (Lipinski definition) is 0. The van der Waals surface area contributed by atoms with Gasteiger partial charge in [-0.25, -0.2) is 0 Å². The molecule has 2 nitrogen and oxygen atoms in total. The molecule has 0 N–H and O–H groups in total. The first kappa shape index (κ1) is 12.8. The van der Waals surface area contributed by atoms with Gasteiger partial charge in [-0.1, -0.05) is 28.8 Å². The van der Waals surface area contributed by atoms with E-state index in [1.54, 1.807) is 0 Å². The van der Waals surface area contributed by atoms with Gasteiger partial charge in [0.25, 0.3) is 0 Å². The summed E-state index contributed by atoms with van der Waals surface area (Å²) in [5.41, 5.74) is 0.344. The fourth-order valence-corrected chi connectivity index (χ4v) is 3.46.